The van der Waals surface area contributed by atoms with Crippen molar-refractivity contribution < 1.29 is 14.3 Å². The molecule has 156 valence electrons. The molecule has 8 nitrogen and oxygen atoms in total. The average molecular weight is 428 g/mol. The number of nitrogens with zero attached hydrogens (tertiary/aromatic N) is 4. The Labute approximate surface area is 178 Å². The number of nitrogens with one attached hydrogen (secondary N) is 1. The second-order valence-corrected chi connectivity index (χ2v) is 7.89. The predicted molar refractivity (Wildman–Crippen MR) is 110 cm³/mol. The Morgan fingerprint density at radius 3 is 3.10 bits per heavy atom. The van der Waals surface area contributed by atoms with Gasteiger partial charge < -0.3 is 19.4 Å². The van der Waals surface area contributed by atoms with Crippen molar-refractivity contribution in [3.8, 4) is 11.4 Å². The zero-order valence-electron chi connectivity index (χ0n) is 16.6. The number of imidazole rings is 1. The van der Waals surface area contributed by atoms with Crippen LogP contribution in [-0.2, 0) is 24.3 Å². The fourth-order valence-electron chi connectivity index (χ4n) is 4.22. The number of aryl methyl sites for hydroxylation is 1. The van der Waals surface area contributed by atoms with Crippen molar-refractivity contribution in [3.05, 3.63) is 58.4 Å². The number of para-hydroxylation sites is 1. The molecule has 2 aromatic heterocycles. The summed E-state index contributed by atoms with van der Waals surface area (Å²) < 4.78 is 15.1. The van der Waals surface area contributed by atoms with Crippen LogP contribution in [0.3, 0.4) is 0 Å². The molecule has 2 aliphatic rings. The maximum atomic E-state index is 13.0. The topological polar surface area (TPSA) is 83.2 Å². The lowest BCUT2D eigenvalue weighted by Gasteiger charge is -2.25. The lowest BCUT2D eigenvalue weighted by molar-refractivity contribution is 0.0683. The zero-order valence-corrected chi connectivity index (χ0v) is 17.4. The lowest BCUT2D eigenvalue weighted by Crippen LogP contribution is -2.35. The van der Waals surface area contributed by atoms with Crippen molar-refractivity contribution in [1.29, 1.82) is 0 Å². The minimum absolute atomic E-state index is 0.185. The molecule has 1 atom stereocenters. The monoisotopic (exact) mass is 427 g/mol. The first-order valence-corrected chi connectivity index (χ1v) is 10.4. The molecule has 0 saturated heterocycles. The molecular formula is C21H22ClN5O3. The highest BCUT2D eigenvalue weighted by Gasteiger charge is 2.30. The number of methoxy groups -OCH3 is 1. The third-order valence-electron chi connectivity index (χ3n) is 5.71. The largest absolute Gasteiger partial charge is 0.494 e. The molecule has 30 heavy (non-hydrogen) atoms. The van der Waals surface area contributed by atoms with Crippen molar-refractivity contribution >= 4 is 17.5 Å². The maximum absolute atomic E-state index is 13.0. The van der Waals surface area contributed by atoms with E-state index in [-0.39, 0.29) is 11.9 Å². The molecular weight excluding hydrogens is 406 g/mol. The maximum Gasteiger partial charge on any atom is 0.272 e. The van der Waals surface area contributed by atoms with E-state index in [2.05, 4.69) is 20.0 Å². The number of hydrogen-bond donors (Lipinski definition) is 1. The van der Waals surface area contributed by atoms with E-state index in [1.54, 1.807) is 30.4 Å². The summed E-state index contributed by atoms with van der Waals surface area (Å²) in [6.45, 7) is 1.66. The van der Waals surface area contributed by atoms with Gasteiger partial charge in [-0.25, -0.2) is 9.67 Å². The Balaban J connectivity index is 1.45. The molecule has 0 radical (unpaired) electrons. The van der Waals surface area contributed by atoms with Gasteiger partial charge in [-0.2, -0.15) is 5.10 Å². The Morgan fingerprint density at radius 1 is 1.33 bits per heavy atom. The van der Waals surface area contributed by atoms with Gasteiger partial charge >= 0.3 is 0 Å². The smallest absolute Gasteiger partial charge is 0.272 e. The summed E-state index contributed by atoms with van der Waals surface area (Å²) in [5.74, 6) is 0.430. The molecule has 1 aromatic carbocycles. The van der Waals surface area contributed by atoms with Crippen LogP contribution in [0.5, 0.6) is 5.75 Å². The Bertz CT molecular complexity index is 1110. The van der Waals surface area contributed by atoms with Crippen LogP contribution in [0, 0.1) is 0 Å². The fourth-order valence-corrected chi connectivity index (χ4v) is 4.46. The van der Waals surface area contributed by atoms with Gasteiger partial charge in [0.1, 0.15) is 17.1 Å². The van der Waals surface area contributed by atoms with Crippen LogP contribution >= 0.6 is 11.6 Å². The van der Waals surface area contributed by atoms with Gasteiger partial charge in [-0.3, -0.25) is 4.79 Å². The van der Waals surface area contributed by atoms with E-state index >= 15 is 0 Å². The summed E-state index contributed by atoms with van der Waals surface area (Å²) in [7, 11) is 1.59. The molecule has 1 N–H and O–H groups in total. The number of halogens is 1. The van der Waals surface area contributed by atoms with E-state index in [1.807, 2.05) is 12.1 Å². The average Bonchev–Trinajstić information content (AvgIpc) is 3.38. The fraction of sp³-hybridized carbons (Fsp3) is 0.381. The Hall–Kier alpha value is -2.84. The molecule has 0 unspecified atom stereocenters. The third kappa shape index (κ3) is 3.16. The van der Waals surface area contributed by atoms with E-state index in [1.165, 1.54) is 0 Å². The first kappa shape index (κ1) is 19.1. The second kappa shape index (κ2) is 7.77. The first-order valence-electron chi connectivity index (χ1n) is 9.99. The van der Waals surface area contributed by atoms with Crippen molar-refractivity contribution in [2.24, 2.45) is 0 Å². The number of aromatic nitrogens is 4. The van der Waals surface area contributed by atoms with Gasteiger partial charge in [-0.05, 0) is 31.4 Å². The number of carbonyl (C=O) groups is 1. The van der Waals surface area contributed by atoms with Crippen LogP contribution in [0.1, 0.15) is 46.3 Å². The number of fused-ring (bicyclic) bond motifs is 2. The highest BCUT2D eigenvalue weighted by atomic mass is 35.5. The van der Waals surface area contributed by atoms with Gasteiger partial charge in [-0.15, -0.1) is 0 Å². The standard InChI is InChI=1S/C21H22ClN5O3/c1-29-18-7-4-5-14(22)20(18)27-17-11-30-10-15(13(17)9-24-27)25-21(28)19-16-6-2-3-8-26(16)12-23-19/h4-5,7,9,12,15H,2-3,6,8,10-11H2,1H3,(H,25,28)/t15-/m1/s1. The summed E-state index contributed by atoms with van der Waals surface area (Å²) in [4.78, 5) is 17.3. The summed E-state index contributed by atoms with van der Waals surface area (Å²) >= 11 is 6.44. The Kier molecular flexibility index (Phi) is 4.96. The highest BCUT2D eigenvalue weighted by Crippen LogP contribution is 2.34. The van der Waals surface area contributed by atoms with E-state index in [9.17, 15) is 4.79 Å². The molecule has 0 fully saturated rings. The summed E-state index contributed by atoms with van der Waals surface area (Å²) in [5.41, 5.74) is 3.91. The van der Waals surface area contributed by atoms with E-state index in [0.29, 0.717) is 35.4 Å². The van der Waals surface area contributed by atoms with Crippen molar-refractivity contribution in [3.63, 3.8) is 0 Å². The highest BCUT2D eigenvalue weighted by molar-refractivity contribution is 6.32. The molecule has 2 aliphatic heterocycles. The number of benzene rings is 1. The Morgan fingerprint density at radius 2 is 2.23 bits per heavy atom. The van der Waals surface area contributed by atoms with Gasteiger partial charge in [0.25, 0.3) is 5.91 Å². The quantitative estimate of drug-likeness (QED) is 0.691. The molecule has 3 aromatic rings. The van der Waals surface area contributed by atoms with Crippen molar-refractivity contribution in [2.45, 2.75) is 38.5 Å². The molecule has 0 saturated carbocycles. The molecule has 9 heteroatoms. The third-order valence-corrected chi connectivity index (χ3v) is 6.02. The molecule has 0 spiro atoms. The van der Waals surface area contributed by atoms with Gasteiger partial charge in [-0.1, -0.05) is 17.7 Å². The minimum atomic E-state index is -0.315. The van der Waals surface area contributed by atoms with Crippen LogP contribution < -0.4 is 10.1 Å². The summed E-state index contributed by atoms with van der Waals surface area (Å²) in [5, 5.41) is 8.13. The van der Waals surface area contributed by atoms with Crippen LogP contribution in [0.25, 0.3) is 5.69 Å². The van der Waals surface area contributed by atoms with E-state index < -0.39 is 0 Å². The number of amides is 1. The number of ether oxygens (including phenoxy) is 2. The van der Waals surface area contributed by atoms with Crippen molar-refractivity contribution in [1.82, 2.24) is 24.6 Å². The SMILES string of the molecule is COc1cccc(Cl)c1-n1ncc2c1COC[C@H]2NC(=O)c1ncn2c1CCCC2. The van der Waals surface area contributed by atoms with E-state index in [4.69, 9.17) is 21.1 Å². The predicted octanol–water partition coefficient (Wildman–Crippen LogP) is 3.07. The van der Waals surface area contributed by atoms with Gasteiger partial charge in [0.05, 0.1) is 55.3 Å². The van der Waals surface area contributed by atoms with Crippen LogP contribution in [-0.4, -0.2) is 39.0 Å². The summed E-state index contributed by atoms with van der Waals surface area (Å²) in [6.07, 6.45) is 6.59. The summed E-state index contributed by atoms with van der Waals surface area (Å²) in [6, 6.07) is 5.13. The van der Waals surface area contributed by atoms with Gasteiger partial charge in [0.15, 0.2) is 0 Å². The van der Waals surface area contributed by atoms with Crippen LogP contribution in [0.4, 0.5) is 0 Å². The molecule has 4 heterocycles. The van der Waals surface area contributed by atoms with Crippen LogP contribution in [0.15, 0.2) is 30.7 Å². The lowest BCUT2D eigenvalue weighted by atomic mass is 10.0. The second-order valence-electron chi connectivity index (χ2n) is 7.48. The number of rotatable bonds is 4. The normalized spacial score (nSPS) is 17.9. The molecule has 5 rings (SSSR count). The van der Waals surface area contributed by atoms with Gasteiger partial charge in [0.2, 0.25) is 0 Å². The van der Waals surface area contributed by atoms with E-state index in [0.717, 1.165) is 42.8 Å². The molecule has 0 aliphatic carbocycles. The number of carbonyl (C=O) groups excluding carboxylic acids is 1. The molecule has 0 bridgehead atoms. The minimum Gasteiger partial charge on any atom is -0.494 e. The number of hydrogen-bond acceptors (Lipinski definition) is 5. The van der Waals surface area contributed by atoms with Gasteiger partial charge in [0, 0.05) is 12.1 Å². The van der Waals surface area contributed by atoms with Crippen molar-refractivity contribution in [2.75, 3.05) is 13.7 Å². The first-order chi connectivity index (χ1) is 14.7. The van der Waals surface area contributed by atoms with Crippen LogP contribution in [0.2, 0.25) is 5.02 Å². The molecule has 1 amide bonds. The zero-order chi connectivity index (χ0) is 20.7.